The standard InChI is InChI=1S/C57H41NS/c1-57(2)53-36-42(41-25-31-56-52(35-41)51-20-12-13-21-55(51)59-56)24-29-49(53)50-30-28-48(37-54(50)57)58(46-18-10-5-11-19-46)47-26-22-40(23-27-47)45-33-43(38-14-6-3-7-15-38)32-44(34-45)39-16-8-4-9-17-39/h3-37H,1-2H3. The first-order chi connectivity index (χ1) is 29.0. The summed E-state index contributed by atoms with van der Waals surface area (Å²) in [7, 11) is 0. The summed E-state index contributed by atoms with van der Waals surface area (Å²) in [6, 6.07) is 78.0. The second kappa shape index (κ2) is 14.1. The SMILES string of the molecule is CC1(C)c2cc(-c3ccc4sc5ccccc5c4c3)ccc2-c2ccc(N(c3ccccc3)c3ccc(-c4cc(-c5ccccc5)cc(-c5ccccc5)c4)cc3)cc21. The number of hydrogen-bond donors (Lipinski definition) is 0. The molecule has 59 heavy (non-hydrogen) atoms. The first-order valence-electron chi connectivity index (χ1n) is 20.4. The van der Waals surface area contributed by atoms with Crippen molar-refractivity contribution in [1.29, 1.82) is 0 Å². The van der Waals surface area contributed by atoms with Crippen molar-refractivity contribution in [3.8, 4) is 55.6 Å². The molecule has 0 saturated carbocycles. The normalized spacial score (nSPS) is 12.7. The molecule has 0 fully saturated rings. The summed E-state index contributed by atoms with van der Waals surface area (Å²) in [4.78, 5) is 2.39. The molecule has 9 aromatic carbocycles. The number of hydrogen-bond acceptors (Lipinski definition) is 2. The van der Waals surface area contributed by atoms with Crippen molar-refractivity contribution in [2.24, 2.45) is 0 Å². The fraction of sp³-hybridized carbons (Fsp3) is 0.0526. The van der Waals surface area contributed by atoms with Crippen LogP contribution < -0.4 is 4.90 Å². The van der Waals surface area contributed by atoms with Gasteiger partial charge in [0.05, 0.1) is 0 Å². The highest BCUT2D eigenvalue weighted by atomic mass is 32.1. The van der Waals surface area contributed by atoms with Crippen LogP contribution in [0.25, 0.3) is 75.8 Å². The van der Waals surface area contributed by atoms with Crippen LogP contribution in [0.2, 0.25) is 0 Å². The summed E-state index contributed by atoms with van der Waals surface area (Å²) < 4.78 is 2.68. The summed E-state index contributed by atoms with van der Waals surface area (Å²) in [6.07, 6.45) is 0. The van der Waals surface area contributed by atoms with Crippen LogP contribution in [0.1, 0.15) is 25.0 Å². The maximum absolute atomic E-state index is 2.44. The highest BCUT2D eigenvalue weighted by Gasteiger charge is 2.36. The second-order valence-electron chi connectivity index (χ2n) is 16.2. The second-order valence-corrected chi connectivity index (χ2v) is 17.3. The molecule has 0 unspecified atom stereocenters. The molecule has 1 aliphatic rings. The van der Waals surface area contributed by atoms with Gasteiger partial charge in [0, 0.05) is 42.6 Å². The Labute approximate surface area is 350 Å². The van der Waals surface area contributed by atoms with E-state index in [1.165, 1.54) is 86.9 Å². The van der Waals surface area contributed by atoms with Crippen LogP contribution in [-0.2, 0) is 5.41 Å². The predicted octanol–water partition coefficient (Wildman–Crippen LogP) is 16.5. The molecule has 11 rings (SSSR count). The lowest BCUT2D eigenvalue weighted by atomic mass is 9.81. The Bertz CT molecular complexity index is 3100. The van der Waals surface area contributed by atoms with Crippen molar-refractivity contribution >= 4 is 48.6 Å². The van der Waals surface area contributed by atoms with E-state index in [9.17, 15) is 0 Å². The van der Waals surface area contributed by atoms with Crippen molar-refractivity contribution < 1.29 is 0 Å². The van der Waals surface area contributed by atoms with E-state index < -0.39 is 0 Å². The van der Waals surface area contributed by atoms with E-state index in [-0.39, 0.29) is 5.41 Å². The zero-order chi connectivity index (χ0) is 39.5. The average Bonchev–Trinajstić information content (AvgIpc) is 3.78. The third kappa shape index (κ3) is 6.16. The van der Waals surface area contributed by atoms with Crippen LogP contribution in [-0.4, -0.2) is 0 Å². The monoisotopic (exact) mass is 771 g/mol. The van der Waals surface area contributed by atoms with E-state index in [1.54, 1.807) is 0 Å². The number of anilines is 3. The number of nitrogens with zero attached hydrogens (tertiary/aromatic N) is 1. The summed E-state index contributed by atoms with van der Waals surface area (Å²) >= 11 is 1.87. The van der Waals surface area contributed by atoms with E-state index in [2.05, 4.69) is 231 Å². The Morgan fingerprint density at radius 3 is 1.44 bits per heavy atom. The predicted molar refractivity (Wildman–Crippen MR) is 253 cm³/mol. The van der Waals surface area contributed by atoms with Gasteiger partial charge in [0.25, 0.3) is 0 Å². The van der Waals surface area contributed by atoms with Crippen LogP contribution >= 0.6 is 11.3 Å². The Morgan fingerprint density at radius 1 is 0.322 bits per heavy atom. The van der Waals surface area contributed by atoms with Crippen molar-refractivity contribution in [2.45, 2.75) is 19.3 Å². The minimum atomic E-state index is -0.178. The molecule has 1 aliphatic carbocycles. The minimum absolute atomic E-state index is 0.178. The molecule has 0 amide bonds. The Balaban J connectivity index is 0.961. The lowest BCUT2D eigenvalue weighted by Gasteiger charge is -2.28. The summed E-state index contributed by atoms with van der Waals surface area (Å²) in [5.41, 5.74) is 18.3. The van der Waals surface area contributed by atoms with Gasteiger partial charge in [0.1, 0.15) is 0 Å². The Morgan fingerprint density at radius 2 is 0.780 bits per heavy atom. The largest absolute Gasteiger partial charge is 0.310 e. The van der Waals surface area contributed by atoms with Gasteiger partial charge in [-0.3, -0.25) is 0 Å². The molecule has 2 heteroatoms. The van der Waals surface area contributed by atoms with Gasteiger partial charge in [-0.05, 0) is 146 Å². The van der Waals surface area contributed by atoms with Crippen molar-refractivity contribution in [3.63, 3.8) is 0 Å². The van der Waals surface area contributed by atoms with Gasteiger partial charge in [-0.15, -0.1) is 11.3 Å². The fourth-order valence-electron chi connectivity index (χ4n) is 9.17. The number of benzene rings is 9. The van der Waals surface area contributed by atoms with Gasteiger partial charge >= 0.3 is 0 Å². The van der Waals surface area contributed by atoms with Crippen molar-refractivity contribution in [2.75, 3.05) is 4.90 Å². The van der Waals surface area contributed by atoms with Gasteiger partial charge in [-0.2, -0.15) is 0 Å². The molecule has 1 heterocycles. The van der Waals surface area contributed by atoms with Gasteiger partial charge in [0.2, 0.25) is 0 Å². The molecule has 0 bridgehead atoms. The third-order valence-electron chi connectivity index (χ3n) is 12.2. The maximum atomic E-state index is 2.44. The number of rotatable bonds is 7. The molecule has 0 N–H and O–H groups in total. The summed E-state index contributed by atoms with van der Waals surface area (Å²) in [5, 5.41) is 2.67. The van der Waals surface area contributed by atoms with E-state index >= 15 is 0 Å². The molecule has 10 aromatic rings. The van der Waals surface area contributed by atoms with Crippen LogP contribution in [0, 0.1) is 0 Å². The molecular formula is C57H41NS. The van der Waals surface area contributed by atoms with E-state index in [0.717, 1.165) is 17.1 Å². The minimum Gasteiger partial charge on any atom is -0.310 e. The lowest BCUT2D eigenvalue weighted by molar-refractivity contribution is 0.660. The van der Waals surface area contributed by atoms with Crippen molar-refractivity contribution in [1.82, 2.24) is 0 Å². The van der Waals surface area contributed by atoms with Gasteiger partial charge in [-0.1, -0.05) is 147 Å². The highest BCUT2D eigenvalue weighted by molar-refractivity contribution is 7.25. The van der Waals surface area contributed by atoms with E-state index in [0.29, 0.717) is 0 Å². The van der Waals surface area contributed by atoms with Gasteiger partial charge in [-0.25, -0.2) is 0 Å². The molecular weight excluding hydrogens is 731 g/mol. The van der Waals surface area contributed by atoms with Crippen LogP contribution in [0.5, 0.6) is 0 Å². The first-order valence-corrected chi connectivity index (χ1v) is 21.2. The van der Waals surface area contributed by atoms with Gasteiger partial charge < -0.3 is 4.90 Å². The molecule has 0 radical (unpaired) electrons. The average molecular weight is 772 g/mol. The van der Waals surface area contributed by atoms with Gasteiger partial charge in [0.15, 0.2) is 0 Å². The number of para-hydroxylation sites is 1. The molecule has 1 nitrogen and oxygen atoms in total. The quantitative estimate of drug-likeness (QED) is 0.156. The molecule has 0 atom stereocenters. The molecule has 0 saturated heterocycles. The van der Waals surface area contributed by atoms with Crippen LogP contribution in [0.4, 0.5) is 17.1 Å². The van der Waals surface area contributed by atoms with E-state index in [1.807, 2.05) is 11.3 Å². The van der Waals surface area contributed by atoms with Crippen molar-refractivity contribution in [3.05, 3.63) is 223 Å². The lowest BCUT2D eigenvalue weighted by Crippen LogP contribution is -2.16. The highest BCUT2D eigenvalue weighted by Crippen LogP contribution is 2.52. The third-order valence-corrected chi connectivity index (χ3v) is 13.4. The molecule has 280 valence electrons. The van der Waals surface area contributed by atoms with Crippen LogP contribution in [0.15, 0.2) is 212 Å². The zero-order valence-electron chi connectivity index (χ0n) is 33.1. The van der Waals surface area contributed by atoms with E-state index in [4.69, 9.17) is 0 Å². The summed E-state index contributed by atoms with van der Waals surface area (Å²) in [5.74, 6) is 0. The Hall–Kier alpha value is -7.00. The molecule has 0 aliphatic heterocycles. The summed E-state index contributed by atoms with van der Waals surface area (Å²) in [6.45, 7) is 4.77. The number of thiophene rings is 1. The first kappa shape index (κ1) is 35.2. The topological polar surface area (TPSA) is 3.24 Å². The molecule has 0 spiro atoms. The zero-order valence-corrected chi connectivity index (χ0v) is 33.9. The number of fused-ring (bicyclic) bond motifs is 6. The van der Waals surface area contributed by atoms with Crippen LogP contribution in [0.3, 0.4) is 0 Å². The molecule has 1 aromatic heterocycles. The smallest absolute Gasteiger partial charge is 0.0465 e. The maximum Gasteiger partial charge on any atom is 0.0465 e. The fourth-order valence-corrected chi connectivity index (χ4v) is 10.3. The Kier molecular flexibility index (Phi) is 8.43.